The van der Waals surface area contributed by atoms with E-state index in [1.54, 1.807) is 72.7 Å². The van der Waals surface area contributed by atoms with Crippen LogP contribution in [0.1, 0.15) is 101 Å². The zero-order chi connectivity index (χ0) is 51.5. The van der Waals surface area contributed by atoms with Crippen molar-refractivity contribution in [3.63, 3.8) is 0 Å². The maximum Gasteiger partial charge on any atom is 0.319 e. The fourth-order valence-electron chi connectivity index (χ4n) is 10.1. The van der Waals surface area contributed by atoms with Crippen molar-refractivity contribution in [1.29, 1.82) is 0 Å². The van der Waals surface area contributed by atoms with Crippen molar-refractivity contribution >= 4 is 35.8 Å². The summed E-state index contributed by atoms with van der Waals surface area (Å²) >= 11 is 5.99. The number of methoxy groups -OCH3 is 1. The minimum Gasteiger partial charge on any atom is -0.483 e. The number of nitrogens with one attached hydrogen (secondary N) is 2. The van der Waals surface area contributed by atoms with Gasteiger partial charge in [-0.1, -0.05) is 32.4 Å². The molecule has 392 valence electrons. The molecular weight excluding hydrogens is 908 g/mol. The molecule has 0 saturated carbocycles. The van der Waals surface area contributed by atoms with Gasteiger partial charge in [-0.3, -0.25) is 14.5 Å². The summed E-state index contributed by atoms with van der Waals surface area (Å²) in [5.74, 6) is -2.90. The molecule has 1 aromatic carbocycles. The standard InChI is InChI=1S/C47H81ClN4O13.CH2O2/c1-14-35-47(10,59)39(54)30(6)52(21-15-20-49-44(57)50-33-18-16-32(48)17-19-33)25-26(2)23-45(8,58)41(65-43-37(53)34(51(11)12)22-27(3)61-43)28(4)38(29(5)42(56)63-35)64-36-24-46(9,60-13)40(55)31(7)62-36;2-1-3/h16-19,26-31,34-41,43,53-55,58-59H,14-15,20-25H2,1-13H3,(H2,49,50,57);1H,(H,2,3)/t26-,27-,28+,29-,30-,31+,34+,35-,36+,37-,38+,39-,40+,41-,43+,45-,46-,47-;/m1./s1. The number of carboxylic acid groups (broad SMARTS) is 1. The van der Waals surface area contributed by atoms with Crippen LogP contribution in [-0.2, 0) is 38.0 Å². The highest BCUT2D eigenvalue weighted by atomic mass is 35.5. The number of halogens is 1. The Morgan fingerprint density at radius 3 is 2.18 bits per heavy atom. The molecule has 68 heavy (non-hydrogen) atoms. The number of esters is 1. The molecule has 8 N–H and O–H groups in total. The Morgan fingerprint density at radius 2 is 1.60 bits per heavy atom. The summed E-state index contributed by atoms with van der Waals surface area (Å²) < 4.78 is 38.0. The van der Waals surface area contributed by atoms with E-state index in [-0.39, 0.29) is 50.3 Å². The van der Waals surface area contributed by atoms with E-state index in [2.05, 4.69) is 10.6 Å². The lowest BCUT2D eigenvalue weighted by atomic mass is 9.77. The Balaban J connectivity index is 0.00000397. The number of rotatable bonds is 12. The number of cyclic esters (lactones) is 1. The van der Waals surface area contributed by atoms with Crippen molar-refractivity contribution in [2.75, 3.05) is 46.2 Å². The summed E-state index contributed by atoms with van der Waals surface area (Å²) in [6.45, 7) is 18.2. The fourth-order valence-corrected chi connectivity index (χ4v) is 10.2. The molecule has 0 aromatic heterocycles. The quantitative estimate of drug-likeness (QED) is 0.0841. The lowest BCUT2D eigenvalue weighted by molar-refractivity contribution is -0.318. The number of likely N-dealkylation sites (N-methyl/N-ethyl adjacent to an activating group) is 1. The molecule has 0 spiro atoms. The summed E-state index contributed by atoms with van der Waals surface area (Å²) in [7, 11) is 5.24. The van der Waals surface area contributed by atoms with Gasteiger partial charge in [0.1, 0.15) is 30.0 Å². The maximum absolute atomic E-state index is 14.5. The van der Waals surface area contributed by atoms with Crippen LogP contribution in [0.2, 0.25) is 5.02 Å². The minimum atomic E-state index is -1.92. The number of urea groups is 1. The number of amides is 2. The van der Waals surface area contributed by atoms with E-state index in [1.807, 2.05) is 37.7 Å². The largest absolute Gasteiger partial charge is 0.483 e. The topological polar surface area (TPSA) is 259 Å². The Kier molecular flexibility index (Phi) is 22.8. The van der Waals surface area contributed by atoms with Crippen molar-refractivity contribution in [1.82, 2.24) is 15.1 Å². The molecule has 0 bridgehead atoms. The van der Waals surface area contributed by atoms with Crippen LogP contribution >= 0.6 is 11.6 Å². The molecular formula is C48H83ClN4O15. The van der Waals surface area contributed by atoms with Crippen molar-refractivity contribution in [3.8, 4) is 0 Å². The zero-order valence-electron chi connectivity index (χ0n) is 42.3. The zero-order valence-corrected chi connectivity index (χ0v) is 43.1. The van der Waals surface area contributed by atoms with Crippen LogP contribution in [0.25, 0.3) is 0 Å². The van der Waals surface area contributed by atoms with Gasteiger partial charge in [0.25, 0.3) is 6.47 Å². The third-order valence-electron chi connectivity index (χ3n) is 14.0. The molecule has 19 nitrogen and oxygen atoms in total. The number of carbonyl (C=O) groups is 3. The van der Waals surface area contributed by atoms with Gasteiger partial charge in [-0.25, -0.2) is 4.79 Å². The lowest BCUT2D eigenvalue weighted by Crippen LogP contribution is -2.60. The molecule has 0 aliphatic carbocycles. The highest BCUT2D eigenvalue weighted by molar-refractivity contribution is 6.30. The molecule has 3 aliphatic rings. The highest BCUT2D eigenvalue weighted by Gasteiger charge is 2.53. The van der Waals surface area contributed by atoms with E-state index in [1.165, 1.54) is 14.0 Å². The number of ether oxygens (including phenoxy) is 6. The predicted molar refractivity (Wildman–Crippen MR) is 255 cm³/mol. The van der Waals surface area contributed by atoms with Crippen LogP contribution in [-0.4, -0.2) is 190 Å². The third kappa shape index (κ3) is 15.6. The molecule has 4 rings (SSSR count). The van der Waals surface area contributed by atoms with Crippen LogP contribution < -0.4 is 10.6 Å². The van der Waals surface area contributed by atoms with Crippen molar-refractivity contribution in [2.24, 2.45) is 17.8 Å². The van der Waals surface area contributed by atoms with Gasteiger partial charge in [-0.15, -0.1) is 0 Å². The molecule has 0 radical (unpaired) electrons. The van der Waals surface area contributed by atoms with E-state index in [0.29, 0.717) is 36.6 Å². The van der Waals surface area contributed by atoms with Crippen LogP contribution in [0.5, 0.6) is 0 Å². The number of carbonyl (C=O) groups excluding carboxylic acids is 2. The summed E-state index contributed by atoms with van der Waals surface area (Å²) in [5, 5.41) is 72.8. The molecule has 20 heteroatoms. The van der Waals surface area contributed by atoms with E-state index in [4.69, 9.17) is 49.9 Å². The van der Waals surface area contributed by atoms with Crippen molar-refractivity contribution in [3.05, 3.63) is 29.3 Å². The van der Waals surface area contributed by atoms with E-state index in [0.717, 1.165) is 0 Å². The van der Waals surface area contributed by atoms with Crippen LogP contribution in [0.3, 0.4) is 0 Å². The average molecular weight is 992 g/mol. The van der Waals surface area contributed by atoms with Gasteiger partial charge >= 0.3 is 12.0 Å². The fraction of sp³-hybridized carbons (Fsp3) is 0.812. The molecule has 0 unspecified atom stereocenters. The van der Waals surface area contributed by atoms with E-state index in [9.17, 15) is 35.1 Å². The Morgan fingerprint density at radius 1 is 0.985 bits per heavy atom. The molecule has 3 saturated heterocycles. The average Bonchev–Trinajstić information content (AvgIpc) is 3.26. The van der Waals surface area contributed by atoms with Crippen molar-refractivity contribution in [2.45, 2.75) is 192 Å². The van der Waals surface area contributed by atoms with Gasteiger partial charge in [0.15, 0.2) is 12.6 Å². The number of hydrogen-bond donors (Lipinski definition) is 8. The number of hydrogen-bond acceptors (Lipinski definition) is 16. The smallest absolute Gasteiger partial charge is 0.319 e. The summed E-state index contributed by atoms with van der Waals surface area (Å²) in [6.07, 6.45) is -8.61. The van der Waals surface area contributed by atoms with Gasteiger partial charge in [0.05, 0.1) is 41.5 Å². The van der Waals surface area contributed by atoms with Crippen LogP contribution in [0, 0.1) is 17.8 Å². The van der Waals surface area contributed by atoms with Gasteiger partial charge in [-0.05, 0) is 118 Å². The van der Waals surface area contributed by atoms with Crippen molar-refractivity contribution < 1.29 is 73.4 Å². The van der Waals surface area contributed by atoms with Crippen LogP contribution in [0.4, 0.5) is 10.5 Å². The minimum absolute atomic E-state index is 0.0974. The van der Waals surface area contributed by atoms with Gasteiger partial charge in [-0.2, -0.15) is 0 Å². The second-order valence-corrected chi connectivity index (χ2v) is 20.5. The summed E-state index contributed by atoms with van der Waals surface area (Å²) in [6, 6.07) is 5.33. The molecule has 3 fully saturated rings. The Bertz CT molecular complexity index is 1710. The number of nitrogens with zero attached hydrogens (tertiary/aromatic N) is 2. The first-order chi connectivity index (χ1) is 31.7. The molecule has 3 heterocycles. The van der Waals surface area contributed by atoms with E-state index >= 15 is 0 Å². The molecule has 1 aromatic rings. The van der Waals surface area contributed by atoms with E-state index < -0.39 is 102 Å². The summed E-state index contributed by atoms with van der Waals surface area (Å²) in [4.78, 5) is 39.5. The number of anilines is 1. The monoisotopic (exact) mass is 991 g/mol. The molecule has 18 atom stereocenters. The first kappa shape index (κ1) is 59.5. The molecule has 2 amide bonds. The second-order valence-electron chi connectivity index (χ2n) is 20.1. The summed E-state index contributed by atoms with van der Waals surface area (Å²) in [5.41, 5.74) is -4.07. The first-order valence-electron chi connectivity index (χ1n) is 23.8. The first-order valence-corrected chi connectivity index (χ1v) is 24.2. The Labute approximate surface area is 408 Å². The molecule has 3 aliphatic heterocycles. The van der Waals surface area contributed by atoms with Gasteiger partial charge in [0.2, 0.25) is 0 Å². The number of benzene rings is 1. The van der Waals surface area contributed by atoms with Crippen LogP contribution in [0.15, 0.2) is 24.3 Å². The maximum atomic E-state index is 14.5. The van der Waals surface area contributed by atoms with Gasteiger partial charge < -0.3 is 74.6 Å². The highest BCUT2D eigenvalue weighted by Crippen LogP contribution is 2.40. The number of aliphatic hydroxyl groups excluding tert-OH is 3. The SMILES string of the molecule is CC[C@H]1OC(=O)[C@H](C)[C@@H](O[C@H]2C[C@@](C)(OC)[C@@H](O)[C@H](C)O2)[C@H](C)[C@@H](O[C@@H]2O[C@H](C)C[C@H](N(C)C)[C@H]2O)[C@](C)(O)C[C@@H](C)CN(CCCNC(=O)Nc2ccc(Cl)cc2)[C@H](C)[C@@H](O)[C@]1(C)O.O=CO. The number of aliphatic hydroxyl groups is 5. The third-order valence-corrected chi connectivity index (χ3v) is 14.3. The predicted octanol–water partition coefficient (Wildman–Crippen LogP) is 3.84. The second kappa shape index (κ2) is 26.1. The Hall–Kier alpha value is -2.76. The normalized spacial score (nSPS) is 40.2. The lowest BCUT2D eigenvalue weighted by Gasteiger charge is -2.48. The van der Waals surface area contributed by atoms with Gasteiger partial charge in [0, 0.05) is 61.9 Å².